The van der Waals surface area contributed by atoms with Crippen LogP contribution in [0.2, 0.25) is 0 Å². The molecule has 0 rings (SSSR count). The van der Waals surface area contributed by atoms with E-state index >= 15 is 0 Å². The highest BCUT2D eigenvalue weighted by molar-refractivity contribution is 5.24. The Morgan fingerprint density at radius 2 is 0.920 bits per heavy atom. The number of hydrogen-bond acceptors (Lipinski definition) is 4. The standard InChI is InChI=1S/C24H42O2.C22H38O2/c1-4-7-10-11-12-13-14-15-16-17-18-21-24(25-22-19-8-5-2)26-23-20-9-6-3;1-4-7-10-11-12-13-14-15-16-17-18-19-22(23-20-8-5-2)24-21-9-6-3/h4,11-12,24H,1,5-6,8-9,13-23H2,2-3H3;15-16,19H,4-14,20-21H2,1-3H3/b12-11+;16-15+. The summed E-state index contributed by atoms with van der Waals surface area (Å²) in [5.41, 5.74) is 0. The molecule has 0 saturated carbocycles. The molecule has 288 valence electrons. The maximum absolute atomic E-state index is 5.97. The molecule has 0 aromatic carbocycles. The minimum absolute atomic E-state index is 0.00933. The predicted octanol–water partition coefficient (Wildman–Crippen LogP) is 14.0. The van der Waals surface area contributed by atoms with Crippen LogP contribution in [0.5, 0.6) is 0 Å². The van der Waals surface area contributed by atoms with E-state index in [1.165, 1.54) is 96.3 Å². The Morgan fingerprint density at radius 3 is 1.42 bits per heavy atom. The van der Waals surface area contributed by atoms with Gasteiger partial charge in [-0.25, -0.2) is 0 Å². The zero-order valence-electron chi connectivity index (χ0n) is 33.7. The summed E-state index contributed by atoms with van der Waals surface area (Å²) >= 11 is 0. The van der Waals surface area contributed by atoms with Crippen molar-refractivity contribution in [3.8, 4) is 23.7 Å². The summed E-state index contributed by atoms with van der Waals surface area (Å²) in [6, 6.07) is 0. The van der Waals surface area contributed by atoms with Crippen molar-refractivity contribution in [2.75, 3.05) is 26.4 Å². The van der Waals surface area contributed by atoms with Crippen molar-refractivity contribution in [2.45, 2.75) is 195 Å². The van der Waals surface area contributed by atoms with Crippen LogP contribution in [0.1, 0.15) is 189 Å². The number of allylic oxidation sites excluding steroid dienone is 6. The van der Waals surface area contributed by atoms with Gasteiger partial charge >= 0.3 is 0 Å². The van der Waals surface area contributed by atoms with Crippen LogP contribution >= 0.6 is 0 Å². The second-order valence-corrected chi connectivity index (χ2v) is 12.9. The normalized spacial score (nSPS) is 10.7. The molecule has 0 aliphatic rings. The molecule has 0 unspecified atom stereocenters. The van der Waals surface area contributed by atoms with Crippen LogP contribution in [0, 0.1) is 23.7 Å². The van der Waals surface area contributed by atoms with Gasteiger partial charge in [0.05, 0.1) is 19.3 Å². The molecule has 0 fully saturated rings. The van der Waals surface area contributed by atoms with Crippen LogP contribution in [-0.2, 0) is 18.9 Å². The third-order valence-corrected chi connectivity index (χ3v) is 7.98. The predicted molar refractivity (Wildman–Crippen MR) is 219 cm³/mol. The van der Waals surface area contributed by atoms with Gasteiger partial charge in [-0.3, -0.25) is 0 Å². The molecule has 0 amide bonds. The average molecular weight is 697 g/mol. The number of rotatable bonds is 33. The second-order valence-electron chi connectivity index (χ2n) is 12.9. The largest absolute Gasteiger partial charge is 0.465 e. The summed E-state index contributed by atoms with van der Waals surface area (Å²) in [5.74, 6) is 12.4. The Labute approximate surface area is 312 Å². The first-order valence-corrected chi connectivity index (χ1v) is 20.8. The van der Waals surface area contributed by atoms with E-state index in [0.29, 0.717) is 19.2 Å². The van der Waals surface area contributed by atoms with Gasteiger partial charge < -0.3 is 18.9 Å². The molecule has 0 bridgehead atoms. The van der Waals surface area contributed by atoms with E-state index in [1.54, 1.807) is 12.2 Å². The first-order valence-electron chi connectivity index (χ1n) is 20.8. The number of ether oxygens (including phenoxy) is 4. The average Bonchev–Trinajstić information content (AvgIpc) is 3.13. The lowest BCUT2D eigenvalue weighted by molar-refractivity contribution is -0.148. The number of hydrogen-bond donors (Lipinski definition) is 0. The highest BCUT2D eigenvalue weighted by Gasteiger charge is 2.09. The van der Waals surface area contributed by atoms with Gasteiger partial charge in [0.15, 0.2) is 6.29 Å². The molecule has 0 aliphatic carbocycles. The second kappa shape index (κ2) is 46.6. The van der Waals surface area contributed by atoms with Crippen LogP contribution in [-0.4, -0.2) is 32.7 Å². The van der Waals surface area contributed by atoms with E-state index in [1.807, 2.05) is 12.2 Å². The molecular weight excluding hydrogens is 617 g/mol. The molecule has 50 heavy (non-hydrogen) atoms. The Morgan fingerprint density at radius 1 is 0.480 bits per heavy atom. The van der Waals surface area contributed by atoms with Gasteiger partial charge in [0.1, 0.15) is 0 Å². The summed E-state index contributed by atoms with van der Waals surface area (Å²) in [6.07, 6.45) is 40.8. The smallest absolute Gasteiger partial charge is 0.287 e. The summed E-state index contributed by atoms with van der Waals surface area (Å²) in [6.45, 7) is 17.7. The molecule has 4 heteroatoms. The minimum Gasteiger partial charge on any atom is -0.465 e. The summed E-state index contributed by atoms with van der Waals surface area (Å²) in [4.78, 5) is 0. The molecule has 4 nitrogen and oxygen atoms in total. The van der Waals surface area contributed by atoms with Gasteiger partial charge in [-0.05, 0) is 82.4 Å². The molecule has 0 saturated heterocycles. The van der Waals surface area contributed by atoms with Crippen LogP contribution in [0.25, 0.3) is 0 Å². The third-order valence-electron chi connectivity index (χ3n) is 7.98. The van der Waals surface area contributed by atoms with E-state index in [0.717, 1.165) is 71.0 Å². The molecule has 0 atom stereocenters. The lowest BCUT2D eigenvalue weighted by Gasteiger charge is -2.18. The lowest BCUT2D eigenvalue weighted by atomic mass is 10.1. The fourth-order valence-electron chi connectivity index (χ4n) is 4.79. The Hall–Kier alpha value is -2.40. The van der Waals surface area contributed by atoms with Crippen molar-refractivity contribution in [1.82, 2.24) is 0 Å². The summed E-state index contributed by atoms with van der Waals surface area (Å²) < 4.78 is 23.2. The lowest BCUT2D eigenvalue weighted by Crippen LogP contribution is -2.19. The molecule has 0 heterocycles. The van der Waals surface area contributed by atoms with Crippen molar-refractivity contribution in [2.24, 2.45) is 0 Å². The fourth-order valence-corrected chi connectivity index (χ4v) is 4.79. The summed E-state index contributed by atoms with van der Waals surface area (Å²) in [7, 11) is 0. The van der Waals surface area contributed by atoms with E-state index in [4.69, 9.17) is 18.9 Å². The van der Waals surface area contributed by atoms with Crippen LogP contribution in [0.4, 0.5) is 0 Å². The summed E-state index contributed by atoms with van der Waals surface area (Å²) in [5, 5.41) is 0. The van der Waals surface area contributed by atoms with Crippen LogP contribution in [0.3, 0.4) is 0 Å². The highest BCUT2D eigenvalue weighted by atomic mass is 16.7. The molecule has 0 aliphatic heterocycles. The molecule has 0 aromatic rings. The molecular formula is C46H80O4. The Kier molecular flexibility index (Phi) is 46.3. The zero-order chi connectivity index (χ0) is 36.9. The van der Waals surface area contributed by atoms with Crippen LogP contribution in [0.15, 0.2) is 49.0 Å². The van der Waals surface area contributed by atoms with Gasteiger partial charge in [-0.15, -0.1) is 0 Å². The van der Waals surface area contributed by atoms with Crippen molar-refractivity contribution >= 4 is 0 Å². The van der Waals surface area contributed by atoms with Crippen molar-refractivity contribution in [1.29, 1.82) is 0 Å². The van der Waals surface area contributed by atoms with Gasteiger partial charge in [0.25, 0.3) is 5.95 Å². The third kappa shape index (κ3) is 43.6. The van der Waals surface area contributed by atoms with E-state index in [-0.39, 0.29) is 6.29 Å². The zero-order valence-corrected chi connectivity index (χ0v) is 33.7. The van der Waals surface area contributed by atoms with Crippen molar-refractivity contribution in [3.05, 3.63) is 49.0 Å². The van der Waals surface area contributed by atoms with Gasteiger partial charge in [0.2, 0.25) is 0 Å². The van der Waals surface area contributed by atoms with Crippen molar-refractivity contribution in [3.63, 3.8) is 0 Å². The van der Waals surface area contributed by atoms with E-state index in [9.17, 15) is 0 Å². The molecule has 0 aromatic heterocycles. The van der Waals surface area contributed by atoms with Gasteiger partial charge in [-0.2, -0.15) is 0 Å². The maximum atomic E-state index is 5.97. The molecule has 0 radical (unpaired) electrons. The minimum atomic E-state index is 0.00933. The molecule has 0 spiro atoms. The van der Waals surface area contributed by atoms with E-state index < -0.39 is 0 Å². The Balaban J connectivity index is 0. The first kappa shape index (κ1) is 49.7. The quantitative estimate of drug-likeness (QED) is 0.0296. The van der Waals surface area contributed by atoms with Gasteiger partial charge in [-0.1, -0.05) is 167 Å². The topological polar surface area (TPSA) is 36.9 Å². The van der Waals surface area contributed by atoms with Crippen LogP contribution < -0.4 is 0 Å². The van der Waals surface area contributed by atoms with E-state index in [2.05, 4.69) is 77.0 Å². The Bertz CT molecular complexity index is 871. The van der Waals surface area contributed by atoms with Crippen molar-refractivity contribution < 1.29 is 18.9 Å². The molecule has 0 N–H and O–H groups in total. The highest BCUT2D eigenvalue weighted by Crippen LogP contribution is 2.13. The number of unbranched alkanes of at least 4 members (excludes halogenated alkanes) is 17. The first-order chi connectivity index (χ1) is 24.7. The fraction of sp³-hybridized carbons (Fsp3) is 0.739. The van der Waals surface area contributed by atoms with Gasteiger partial charge in [0, 0.05) is 13.2 Å². The maximum Gasteiger partial charge on any atom is 0.287 e. The SMILES string of the molecule is C=CC#C/C=C/CCCCCCCC(OCCCCC)OCCCCC.CCCCCCCC/C=C/C#CC=C(OCCCC)OCCCC. The monoisotopic (exact) mass is 697 g/mol.